The van der Waals surface area contributed by atoms with Crippen molar-refractivity contribution in [2.75, 3.05) is 21.3 Å². The van der Waals surface area contributed by atoms with E-state index in [0.29, 0.717) is 28.5 Å². The van der Waals surface area contributed by atoms with Crippen LogP contribution in [0.2, 0.25) is 0 Å². The number of amides is 1. The molecule has 2 rings (SSSR count). The largest absolute Gasteiger partial charge is 0.493 e. The second-order valence-corrected chi connectivity index (χ2v) is 5.36. The van der Waals surface area contributed by atoms with E-state index in [1.54, 1.807) is 19.1 Å². The predicted molar refractivity (Wildman–Crippen MR) is 98.9 cm³/mol. The van der Waals surface area contributed by atoms with Crippen molar-refractivity contribution in [3.8, 4) is 17.2 Å². The summed E-state index contributed by atoms with van der Waals surface area (Å²) in [5, 5.41) is 14.7. The topological polar surface area (TPSA) is 112 Å². The molecule has 0 atom stereocenters. The third-order valence-electron chi connectivity index (χ3n) is 3.75. The first-order valence-electron chi connectivity index (χ1n) is 7.80. The van der Waals surface area contributed by atoms with Gasteiger partial charge >= 0.3 is 0 Å². The molecule has 0 heterocycles. The van der Waals surface area contributed by atoms with Gasteiger partial charge in [0.15, 0.2) is 11.5 Å². The Bertz CT molecular complexity index is 852. The quantitative estimate of drug-likeness (QED) is 0.454. The van der Waals surface area contributed by atoms with Gasteiger partial charge in [-0.05, 0) is 36.8 Å². The number of hydrogen-bond acceptors (Lipinski definition) is 7. The van der Waals surface area contributed by atoms with Crippen LogP contribution in [0.5, 0.6) is 17.2 Å². The van der Waals surface area contributed by atoms with E-state index in [2.05, 4.69) is 10.5 Å². The van der Waals surface area contributed by atoms with Crippen molar-refractivity contribution < 1.29 is 23.9 Å². The highest BCUT2D eigenvalue weighted by Gasteiger charge is 2.17. The first-order valence-corrected chi connectivity index (χ1v) is 7.80. The van der Waals surface area contributed by atoms with E-state index in [1.165, 1.54) is 45.6 Å². The number of ether oxygens (including phenoxy) is 3. The number of methoxy groups -OCH3 is 3. The number of hydrogen-bond donors (Lipinski definition) is 1. The lowest BCUT2D eigenvalue weighted by Crippen LogP contribution is -2.19. The van der Waals surface area contributed by atoms with Crippen LogP contribution in [0.15, 0.2) is 41.5 Å². The Kier molecular flexibility index (Phi) is 6.32. The average Bonchev–Trinajstić information content (AvgIpc) is 2.70. The van der Waals surface area contributed by atoms with Crippen LogP contribution in [0.4, 0.5) is 5.69 Å². The van der Waals surface area contributed by atoms with Gasteiger partial charge in [-0.3, -0.25) is 14.9 Å². The zero-order chi connectivity index (χ0) is 20.0. The SMILES string of the molecule is COc1cc(C(=O)N/N=C(/C)c2ccc([N+](=O)[O-])cc2)cc(OC)c1OC. The monoisotopic (exact) mass is 373 g/mol. The fraction of sp³-hybridized carbons (Fsp3) is 0.222. The Balaban J connectivity index is 2.21. The summed E-state index contributed by atoms with van der Waals surface area (Å²) in [4.78, 5) is 22.6. The Morgan fingerprint density at radius 3 is 2.00 bits per heavy atom. The van der Waals surface area contributed by atoms with E-state index in [4.69, 9.17) is 14.2 Å². The second kappa shape index (κ2) is 8.65. The molecule has 1 N–H and O–H groups in total. The summed E-state index contributed by atoms with van der Waals surface area (Å²) in [6.45, 7) is 1.68. The van der Waals surface area contributed by atoms with Crippen LogP contribution in [0.3, 0.4) is 0 Å². The van der Waals surface area contributed by atoms with Gasteiger partial charge in [-0.1, -0.05) is 0 Å². The highest BCUT2D eigenvalue weighted by atomic mass is 16.6. The van der Waals surface area contributed by atoms with Crippen molar-refractivity contribution in [3.63, 3.8) is 0 Å². The fourth-order valence-corrected chi connectivity index (χ4v) is 2.30. The van der Waals surface area contributed by atoms with Crippen molar-refractivity contribution in [3.05, 3.63) is 57.6 Å². The molecule has 0 aliphatic carbocycles. The summed E-state index contributed by atoms with van der Waals surface area (Å²) in [7, 11) is 4.38. The second-order valence-electron chi connectivity index (χ2n) is 5.36. The molecule has 0 unspecified atom stereocenters. The van der Waals surface area contributed by atoms with Gasteiger partial charge in [-0.25, -0.2) is 5.43 Å². The van der Waals surface area contributed by atoms with E-state index in [9.17, 15) is 14.9 Å². The zero-order valence-corrected chi connectivity index (χ0v) is 15.3. The van der Waals surface area contributed by atoms with Crippen molar-refractivity contribution in [2.24, 2.45) is 5.10 Å². The Labute approximate surface area is 155 Å². The first kappa shape index (κ1) is 19.7. The van der Waals surface area contributed by atoms with Crippen molar-refractivity contribution >= 4 is 17.3 Å². The summed E-state index contributed by atoms with van der Waals surface area (Å²) in [6, 6.07) is 8.87. The summed E-state index contributed by atoms with van der Waals surface area (Å²) in [5.74, 6) is 0.591. The molecular weight excluding hydrogens is 354 g/mol. The third-order valence-corrected chi connectivity index (χ3v) is 3.75. The van der Waals surface area contributed by atoms with Crippen LogP contribution >= 0.6 is 0 Å². The number of nitrogens with one attached hydrogen (secondary N) is 1. The summed E-state index contributed by atoms with van der Waals surface area (Å²) in [6.07, 6.45) is 0. The Hall–Kier alpha value is -3.62. The van der Waals surface area contributed by atoms with E-state index in [1.807, 2.05) is 0 Å². The fourth-order valence-electron chi connectivity index (χ4n) is 2.30. The molecule has 0 radical (unpaired) electrons. The number of rotatable bonds is 7. The number of hydrazone groups is 1. The van der Waals surface area contributed by atoms with Crippen LogP contribution in [-0.2, 0) is 0 Å². The van der Waals surface area contributed by atoms with Crippen molar-refractivity contribution in [1.29, 1.82) is 0 Å². The van der Waals surface area contributed by atoms with Gasteiger partial charge in [-0.2, -0.15) is 5.10 Å². The number of non-ortho nitro benzene ring substituents is 1. The maximum Gasteiger partial charge on any atom is 0.271 e. The standard InChI is InChI=1S/C18H19N3O6/c1-11(12-5-7-14(8-6-12)21(23)24)19-20-18(22)13-9-15(25-2)17(27-4)16(10-13)26-3/h5-10H,1-4H3,(H,20,22)/b19-11-. The molecule has 1 amide bonds. The van der Waals surface area contributed by atoms with Gasteiger partial charge < -0.3 is 14.2 Å². The van der Waals surface area contributed by atoms with Crippen LogP contribution in [0, 0.1) is 10.1 Å². The molecule has 0 aliphatic rings. The van der Waals surface area contributed by atoms with Gasteiger partial charge in [0, 0.05) is 17.7 Å². The zero-order valence-electron chi connectivity index (χ0n) is 15.3. The van der Waals surface area contributed by atoms with E-state index in [0.717, 1.165) is 0 Å². The highest BCUT2D eigenvalue weighted by molar-refractivity contribution is 6.01. The van der Waals surface area contributed by atoms with Crippen molar-refractivity contribution in [2.45, 2.75) is 6.92 Å². The smallest absolute Gasteiger partial charge is 0.271 e. The minimum Gasteiger partial charge on any atom is -0.493 e. The lowest BCUT2D eigenvalue weighted by Gasteiger charge is -2.13. The molecule has 9 heteroatoms. The molecule has 27 heavy (non-hydrogen) atoms. The minimum absolute atomic E-state index is 0.0204. The molecule has 2 aromatic carbocycles. The summed E-state index contributed by atoms with van der Waals surface area (Å²) >= 11 is 0. The van der Waals surface area contributed by atoms with Gasteiger partial charge in [0.05, 0.1) is 32.0 Å². The maximum atomic E-state index is 12.4. The maximum absolute atomic E-state index is 12.4. The number of nitro benzene ring substituents is 1. The van der Waals surface area contributed by atoms with E-state index in [-0.39, 0.29) is 11.3 Å². The van der Waals surface area contributed by atoms with Crippen LogP contribution in [0.1, 0.15) is 22.8 Å². The highest BCUT2D eigenvalue weighted by Crippen LogP contribution is 2.38. The molecule has 142 valence electrons. The molecule has 0 aromatic heterocycles. The Morgan fingerprint density at radius 1 is 1.00 bits per heavy atom. The van der Waals surface area contributed by atoms with Crippen LogP contribution in [0.25, 0.3) is 0 Å². The summed E-state index contributed by atoms with van der Waals surface area (Å²) < 4.78 is 15.7. The van der Waals surface area contributed by atoms with Crippen LogP contribution < -0.4 is 19.6 Å². The molecule has 0 saturated heterocycles. The summed E-state index contributed by atoms with van der Waals surface area (Å²) in [5.41, 5.74) is 3.82. The first-order chi connectivity index (χ1) is 12.9. The van der Waals surface area contributed by atoms with E-state index < -0.39 is 10.8 Å². The molecule has 9 nitrogen and oxygen atoms in total. The number of carbonyl (C=O) groups is 1. The van der Waals surface area contributed by atoms with Gasteiger partial charge in [0.25, 0.3) is 11.6 Å². The number of nitrogens with zero attached hydrogens (tertiary/aromatic N) is 2. The van der Waals surface area contributed by atoms with Crippen LogP contribution in [-0.4, -0.2) is 37.9 Å². The molecule has 0 bridgehead atoms. The lowest BCUT2D eigenvalue weighted by atomic mass is 10.1. The molecule has 0 spiro atoms. The number of nitro groups is 1. The normalized spacial score (nSPS) is 10.9. The number of carbonyl (C=O) groups excluding carboxylic acids is 1. The molecule has 0 fully saturated rings. The average molecular weight is 373 g/mol. The van der Waals surface area contributed by atoms with Crippen molar-refractivity contribution in [1.82, 2.24) is 5.43 Å². The molecule has 2 aromatic rings. The minimum atomic E-state index is -0.484. The van der Waals surface area contributed by atoms with Gasteiger partial charge in [-0.15, -0.1) is 0 Å². The third kappa shape index (κ3) is 4.51. The number of benzene rings is 2. The molecular formula is C18H19N3O6. The lowest BCUT2D eigenvalue weighted by molar-refractivity contribution is -0.384. The Morgan fingerprint density at radius 2 is 1.56 bits per heavy atom. The predicted octanol–water partition coefficient (Wildman–Crippen LogP) is 2.77. The molecule has 0 aliphatic heterocycles. The molecule has 0 saturated carbocycles. The van der Waals surface area contributed by atoms with Gasteiger partial charge in [0.1, 0.15) is 0 Å². The van der Waals surface area contributed by atoms with E-state index >= 15 is 0 Å². The van der Waals surface area contributed by atoms with Gasteiger partial charge in [0.2, 0.25) is 5.75 Å².